The van der Waals surface area contributed by atoms with Gasteiger partial charge >= 0.3 is 0 Å². The topological polar surface area (TPSA) is 38.0 Å². The SMILES string of the molecule is CCC1(N/C=C(\N)C(C)C)CC(C)(F)C1. The van der Waals surface area contributed by atoms with E-state index in [4.69, 9.17) is 5.73 Å². The lowest BCUT2D eigenvalue weighted by atomic mass is 9.65. The molecule has 88 valence electrons. The second-order valence-corrected chi connectivity index (χ2v) is 5.34. The molecule has 0 saturated heterocycles. The number of hydrogen-bond acceptors (Lipinski definition) is 2. The van der Waals surface area contributed by atoms with Gasteiger partial charge in [0.1, 0.15) is 5.67 Å². The van der Waals surface area contributed by atoms with E-state index in [-0.39, 0.29) is 5.54 Å². The highest BCUT2D eigenvalue weighted by Crippen LogP contribution is 2.45. The predicted molar refractivity (Wildman–Crippen MR) is 62.0 cm³/mol. The number of allylic oxidation sites excluding steroid dienone is 1. The van der Waals surface area contributed by atoms with Gasteiger partial charge in [-0.3, -0.25) is 0 Å². The van der Waals surface area contributed by atoms with Crippen LogP contribution in [0, 0.1) is 5.92 Å². The van der Waals surface area contributed by atoms with Crippen LogP contribution >= 0.6 is 0 Å². The van der Waals surface area contributed by atoms with E-state index in [2.05, 4.69) is 12.2 Å². The highest BCUT2D eigenvalue weighted by atomic mass is 19.1. The van der Waals surface area contributed by atoms with Gasteiger partial charge in [-0.1, -0.05) is 20.8 Å². The Morgan fingerprint density at radius 1 is 1.53 bits per heavy atom. The van der Waals surface area contributed by atoms with Gasteiger partial charge in [-0.15, -0.1) is 0 Å². The molecule has 1 saturated carbocycles. The van der Waals surface area contributed by atoms with E-state index in [0.29, 0.717) is 18.8 Å². The van der Waals surface area contributed by atoms with Gasteiger partial charge in [0.15, 0.2) is 0 Å². The van der Waals surface area contributed by atoms with Crippen molar-refractivity contribution in [2.75, 3.05) is 0 Å². The average Bonchev–Trinajstić information content (AvgIpc) is 2.09. The Balaban J connectivity index is 2.54. The molecular formula is C12H23FN2. The third-order valence-electron chi connectivity index (χ3n) is 3.30. The molecule has 0 bridgehead atoms. The smallest absolute Gasteiger partial charge is 0.112 e. The van der Waals surface area contributed by atoms with Crippen LogP contribution in [0.3, 0.4) is 0 Å². The van der Waals surface area contributed by atoms with Crippen molar-refractivity contribution in [3.05, 3.63) is 11.9 Å². The summed E-state index contributed by atoms with van der Waals surface area (Å²) in [5.74, 6) is 0.336. The van der Waals surface area contributed by atoms with Gasteiger partial charge in [0, 0.05) is 30.3 Å². The van der Waals surface area contributed by atoms with Crippen molar-refractivity contribution in [3.63, 3.8) is 0 Å². The first-order valence-corrected chi connectivity index (χ1v) is 5.72. The molecular weight excluding hydrogens is 191 g/mol. The fourth-order valence-corrected chi connectivity index (χ4v) is 2.22. The molecule has 1 aliphatic carbocycles. The van der Waals surface area contributed by atoms with Crippen LogP contribution in [0.5, 0.6) is 0 Å². The molecule has 0 aromatic carbocycles. The Bertz CT molecular complexity index is 248. The lowest BCUT2D eigenvalue weighted by molar-refractivity contribution is -0.0131. The zero-order valence-electron chi connectivity index (χ0n) is 10.2. The number of halogens is 1. The maximum atomic E-state index is 13.5. The summed E-state index contributed by atoms with van der Waals surface area (Å²) in [5.41, 5.74) is 5.60. The van der Waals surface area contributed by atoms with E-state index in [1.54, 1.807) is 6.92 Å². The number of rotatable bonds is 4. The molecule has 0 aromatic rings. The summed E-state index contributed by atoms with van der Waals surface area (Å²) in [6.45, 7) is 7.85. The standard InChI is InChI=1S/C12H23FN2/c1-5-12(7-11(4,13)8-12)15-6-10(14)9(2)3/h6,9,15H,5,7-8,14H2,1-4H3/b10-6-. The monoisotopic (exact) mass is 214 g/mol. The summed E-state index contributed by atoms with van der Waals surface area (Å²) < 4.78 is 13.5. The quantitative estimate of drug-likeness (QED) is 0.755. The molecule has 3 heteroatoms. The van der Waals surface area contributed by atoms with Crippen molar-refractivity contribution < 1.29 is 4.39 Å². The van der Waals surface area contributed by atoms with Crippen molar-refractivity contribution in [2.24, 2.45) is 11.7 Å². The molecule has 1 rings (SSSR count). The summed E-state index contributed by atoms with van der Waals surface area (Å²) >= 11 is 0. The van der Waals surface area contributed by atoms with Crippen LogP contribution in [0.25, 0.3) is 0 Å². The van der Waals surface area contributed by atoms with Gasteiger partial charge in [0.05, 0.1) is 0 Å². The fourth-order valence-electron chi connectivity index (χ4n) is 2.22. The first kappa shape index (κ1) is 12.3. The van der Waals surface area contributed by atoms with Crippen molar-refractivity contribution in [3.8, 4) is 0 Å². The molecule has 1 aliphatic rings. The van der Waals surface area contributed by atoms with Crippen LogP contribution in [-0.4, -0.2) is 11.2 Å². The largest absolute Gasteiger partial charge is 0.401 e. The van der Waals surface area contributed by atoms with Gasteiger partial charge in [-0.2, -0.15) is 0 Å². The number of nitrogens with one attached hydrogen (secondary N) is 1. The summed E-state index contributed by atoms with van der Waals surface area (Å²) in [5, 5.41) is 3.29. The first-order valence-electron chi connectivity index (χ1n) is 5.72. The van der Waals surface area contributed by atoms with E-state index in [1.165, 1.54) is 0 Å². The zero-order valence-corrected chi connectivity index (χ0v) is 10.2. The van der Waals surface area contributed by atoms with Crippen LogP contribution in [0.1, 0.15) is 47.0 Å². The third kappa shape index (κ3) is 2.86. The van der Waals surface area contributed by atoms with E-state index < -0.39 is 5.67 Å². The van der Waals surface area contributed by atoms with Crippen molar-refractivity contribution in [2.45, 2.75) is 58.2 Å². The minimum atomic E-state index is -0.997. The normalized spacial score (nSPS) is 36.5. The average molecular weight is 214 g/mol. The van der Waals surface area contributed by atoms with Crippen molar-refractivity contribution >= 4 is 0 Å². The highest BCUT2D eigenvalue weighted by molar-refractivity contribution is 5.11. The fraction of sp³-hybridized carbons (Fsp3) is 0.833. The van der Waals surface area contributed by atoms with Gasteiger partial charge in [-0.25, -0.2) is 4.39 Å². The van der Waals surface area contributed by atoms with Crippen LogP contribution < -0.4 is 11.1 Å². The van der Waals surface area contributed by atoms with E-state index in [0.717, 1.165) is 12.1 Å². The van der Waals surface area contributed by atoms with Crippen LogP contribution in [0.4, 0.5) is 4.39 Å². The van der Waals surface area contributed by atoms with E-state index in [1.807, 2.05) is 20.0 Å². The second kappa shape index (κ2) is 4.03. The molecule has 0 radical (unpaired) electrons. The molecule has 1 fully saturated rings. The van der Waals surface area contributed by atoms with E-state index in [9.17, 15) is 4.39 Å². The summed E-state index contributed by atoms with van der Waals surface area (Å²) in [6.07, 6.45) is 3.95. The Morgan fingerprint density at radius 3 is 2.40 bits per heavy atom. The molecule has 0 amide bonds. The lowest BCUT2D eigenvalue weighted by Gasteiger charge is -2.50. The third-order valence-corrected chi connectivity index (χ3v) is 3.30. The van der Waals surface area contributed by atoms with Gasteiger partial charge < -0.3 is 11.1 Å². The Kier molecular flexibility index (Phi) is 3.31. The first-order chi connectivity index (χ1) is 6.80. The number of nitrogens with two attached hydrogens (primary N) is 1. The van der Waals surface area contributed by atoms with Crippen molar-refractivity contribution in [1.82, 2.24) is 5.32 Å². The Hall–Kier alpha value is -0.730. The Morgan fingerprint density at radius 2 is 2.07 bits per heavy atom. The minimum absolute atomic E-state index is 0.0665. The van der Waals surface area contributed by atoms with Gasteiger partial charge in [0.25, 0.3) is 0 Å². The maximum Gasteiger partial charge on any atom is 0.112 e. The van der Waals surface area contributed by atoms with Crippen LogP contribution in [-0.2, 0) is 0 Å². The van der Waals surface area contributed by atoms with Crippen LogP contribution in [0.2, 0.25) is 0 Å². The van der Waals surface area contributed by atoms with Gasteiger partial charge in [-0.05, 0) is 19.3 Å². The van der Waals surface area contributed by atoms with E-state index >= 15 is 0 Å². The minimum Gasteiger partial charge on any atom is -0.401 e. The molecule has 0 aromatic heterocycles. The number of alkyl halides is 1. The molecule has 0 atom stereocenters. The highest BCUT2D eigenvalue weighted by Gasteiger charge is 2.51. The molecule has 2 nitrogen and oxygen atoms in total. The molecule has 0 aliphatic heterocycles. The predicted octanol–water partition coefficient (Wildman–Crippen LogP) is 2.70. The molecule has 0 spiro atoms. The lowest BCUT2D eigenvalue weighted by Crippen LogP contribution is -2.59. The van der Waals surface area contributed by atoms with Crippen molar-refractivity contribution in [1.29, 1.82) is 0 Å². The molecule has 0 heterocycles. The number of hydrogen-bond donors (Lipinski definition) is 2. The maximum absolute atomic E-state index is 13.5. The van der Waals surface area contributed by atoms with Crippen LogP contribution in [0.15, 0.2) is 11.9 Å². The summed E-state index contributed by atoms with van der Waals surface area (Å²) in [7, 11) is 0. The summed E-state index contributed by atoms with van der Waals surface area (Å²) in [6, 6.07) is 0. The zero-order chi connectivity index (χ0) is 11.7. The molecule has 0 unspecified atom stereocenters. The molecule has 3 N–H and O–H groups in total. The Labute approximate surface area is 92.1 Å². The van der Waals surface area contributed by atoms with Gasteiger partial charge in [0.2, 0.25) is 0 Å². The summed E-state index contributed by atoms with van der Waals surface area (Å²) in [4.78, 5) is 0. The molecule has 15 heavy (non-hydrogen) atoms. The second-order valence-electron chi connectivity index (χ2n) is 5.34.